The van der Waals surface area contributed by atoms with Crippen LogP contribution in [0.2, 0.25) is 0 Å². The molecule has 1 aromatic carbocycles. The van der Waals surface area contributed by atoms with E-state index in [1.165, 1.54) is 23.3 Å². The third-order valence-corrected chi connectivity index (χ3v) is 7.96. The lowest BCUT2D eigenvalue weighted by atomic mass is 9.71. The molecule has 1 atom stereocenters. The summed E-state index contributed by atoms with van der Waals surface area (Å²) in [5.74, 6) is -3.58. The van der Waals surface area contributed by atoms with Crippen molar-refractivity contribution < 1.29 is 18.3 Å². The van der Waals surface area contributed by atoms with E-state index in [9.17, 15) is 13.6 Å². The quantitative estimate of drug-likeness (QED) is 0.593. The number of piperidine rings is 3. The van der Waals surface area contributed by atoms with Gasteiger partial charge in [0.25, 0.3) is 5.92 Å². The lowest BCUT2D eigenvalue weighted by Gasteiger charge is -2.48. The van der Waals surface area contributed by atoms with E-state index in [4.69, 9.17) is 4.74 Å². The first-order valence-corrected chi connectivity index (χ1v) is 12.9. The van der Waals surface area contributed by atoms with E-state index in [-0.39, 0.29) is 0 Å². The third kappa shape index (κ3) is 6.48. The Morgan fingerprint density at radius 1 is 0.971 bits per heavy atom. The second-order valence-electron chi connectivity index (χ2n) is 11.7. The summed E-state index contributed by atoms with van der Waals surface area (Å²) in [6.45, 7) is 10.6. The minimum atomic E-state index is -2.88. The molecule has 1 unspecified atom stereocenters. The number of likely N-dealkylation sites (tertiary alicyclic amines) is 3. The van der Waals surface area contributed by atoms with Crippen LogP contribution in [0.4, 0.5) is 13.6 Å². The number of benzene rings is 1. The van der Waals surface area contributed by atoms with E-state index in [2.05, 4.69) is 40.1 Å². The fourth-order valence-electron chi connectivity index (χ4n) is 5.74. The van der Waals surface area contributed by atoms with Crippen LogP contribution in [0.5, 0.6) is 0 Å². The highest BCUT2D eigenvalue weighted by atomic mass is 19.3. The maximum absolute atomic E-state index is 15.0. The molecule has 7 heteroatoms. The molecule has 5 nitrogen and oxygen atoms in total. The van der Waals surface area contributed by atoms with Gasteiger partial charge < -0.3 is 14.5 Å². The first kappa shape index (κ1) is 25.4. The first-order chi connectivity index (χ1) is 16.0. The van der Waals surface area contributed by atoms with Gasteiger partial charge in [-0.2, -0.15) is 0 Å². The van der Waals surface area contributed by atoms with Crippen LogP contribution >= 0.6 is 0 Å². The van der Waals surface area contributed by atoms with Crippen LogP contribution in [0.3, 0.4) is 0 Å². The van der Waals surface area contributed by atoms with Crippen molar-refractivity contribution in [2.75, 3.05) is 45.8 Å². The summed E-state index contributed by atoms with van der Waals surface area (Å²) in [7, 11) is 0. The molecule has 1 amide bonds. The van der Waals surface area contributed by atoms with Gasteiger partial charge >= 0.3 is 6.09 Å². The van der Waals surface area contributed by atoms with E-state index in [0.717, 1.165) is 45.6 Å². The lowest BCUT2D eigenvalue weighted by molar-refractivity contribution is -0.120. The maximum Gasteiger partial charge on any atom is 0.410 e. The predicted molar refractivity (Wildman–Crippen MR) is 130 cm³/mol. The molecule has 3 aliphatic heterocycles. The number of nitrogens with zero attached hydrogens (tertiary/aromatic N) is 3. The lowest BCUT2D eigenvalue weighted by Crippen LogP contribution is -2.55. The van der Waals surface area contributed by atoms with Gasteiger partial charge in [-0.15, -0.1) is 0 Å². The molecular weight excluding hydrogens is 436 g/mol. The number of carbonyl (C=O) groups excluding carboxylic acids is 1. The van der Waals surface area contributed by atoms with Gasteiger partial charge in [0.1, 0.15) is 5.60 Å². The third-order valence-electron chi connectivity index (χ3n) is 7.96. The minimum absolute atomic E-state index is 0.322. The largest absolute Gasteiger partial charge is 0.444 e. The molecule has 0 saturated carbocycles. The van der Waals surface area contributed by atoms with Gasteiger partial charge in [-0.1, -0.05) is 30.3 Å². The molecule has 3 saturated heterocycles. The molecule has 0 radical (unpaired) electrons. The summed E-state index contributed by atoms with van der Waals surface area (Å²) >= 11 is 0. The Kier molecular flexibility index (Phi) is 7.53. The Morgan fingerprint density at radius 3 is 2.12 bits per heavy atom. The van der Waals surface area contributed by atoms with Gasteiger partial charge in [-0.25, -0.2) is 13.6 Å². The van der Waals surface area contributed by atoms with E-state index in [0.29, 0.717) is 24.9 Å². The fraction of sp³-hybridized carbons (Fsp3) is 0.741. The summed E-state index contributed by atoms with van der Waals surface area (Å²) in [5.41, 5.74) is 1.07. The van der Waals surface area contributed by atoms with Crippen LogP contribution in [0, 0.1) is 11.3 Å². The second kappa shape index (κ2) is 10.1. The van der Waals surface area contributed by atoms with Crippen LogP contribution in [0.25, 0.3) is 0 Å². The Balaban J connectivity index is 1.22. The van der Waals surface area contributed by atoms with Crippen molar-refractivity contribution in [1.82, 2.24) is 14.7 Å². The number of rotatable bonds is 4. The van der Waals surface area contributed by atoms with Gasteiger partial charge in [0.2, 0.25) is 0 Å². The highest BCUT2D eigenvalue weighted by Crippen LogP contribution is 2.42. The van der Waals surface area contributed by atoms with Crippen LogP contribution < -0.4 is 0 Å². The minimum Gasteiger partial charge on any atom is -0.444 e. The number of hydrogen-bond acceptors (Lipinski definition) is 4. The van der Waals surface area contributed by atoms with Crippen molar-refractivity contribution >= 4 is 6.09 Å². The molecule has 3 aliphatic rings. The molecule has 1 aromatic rings. The number of hydrogen-bond donors (Lipinski definition) is 0. The van der Waals surface area contributed by atoms with Crippen molar-refractivity contribution in [3.05, 3.63) is 35.9 Å². The summed E-state index contributed by atoms with van der Waals surface area (Å²) in [5, 5.41) is 0. The molecule has 190 valence electrons. The molecule has 0 N–H and O–H groups in total. The van der Waals surface area contributed by atoms with Crippen molar-refractivity contribution in [3.8, 4) is 0 Å². The maximum atomic E-state index is 15.0. The van der Waals surface area contributed by atoms with Crippen LogP contribution in [-0.2, 0) is 11.3 Å². The summed E-state index contributed by atoms with van der Waals surface area (Å²) in [6, 6.07) is 10.6. The zero-order valence-corrected chi connectivity index (χ0v) is 21.1. The molecule has 3 heterocycles. The average molecular weight is 478 g/mol. The van der Waals surface area contributed by atoms with E-state index in [1.54, 1.807) is 20.8 Å². The number of ether oxygens (including phenoxy) is 1. The van der Waals surface area contributed by atoms with Crippen molar-refractivity contribution in [3.63, 3.8) is 0 Å². The Labute approximate surface area is 203 Å². The molecule has 0 aliphatic carbocycles. The number of carbonyl (C=O) groups is 1. The Hall–Kier alpha value is -1.73. The van der Waals surface area contributed by atoms with Crippen molar-refractivity contribution in [2.24, 2.45) is 11.3 Å². The molecule has 0 aromatic heterocycles. The zero-order chi connectivity index (χ0) is 24.4. The van der Waals surface area contributed by atoms with Gasteiger partial charge in [-0.05, 0) is 90.0 Å². The van der Waals surface area contributed by atoms with Gasteiger partial charge in [0, 0.05) is 25.6 Å². The summed E-state index contributed by atoms with van der Waals surface area (Å²) < 4.78 is 35.2. The summed E-state index contributed by atoms with van der Waals surface area (Å²) in [6.07, 6.45) is 4.31. The van der Waals surface area contributed by atoms with Gasteiger partial charge in [-0.3, -0.25) is 4.90 Å². The van der Waals surface area contributed by atoms with E-state index >= 15 is 0 Å². The predicted octanol–water partition coefficient (Wildman–Crippen LogP) is 5.26. The molecule has 3 fully saturated rings. The monoisotopic (exact) mass is 477 g/mol. The van der Waals surface area contributed by atoms with Crippen molar-refractivity contribution in [1.29, 1.82) is 0 Å². The SMILES string of the molecule is CC(C)(C)OC(=O)N1CCC(CN2CCC3(CCN(Cc4ccccc4)CC3)CC2)C(F)(F)C1. The number of amides is 1. The highest BCUT2D eigenvalue weighted by Gasteiger charge is 2.48. The Morgan fingerprint density at radius 2 is 1.56 bits per heavy atom. The summed E-state index contributed by atoms with van der Waals surface area (Å²) in [4.78, 5) is 18.2. The molecular formula is C27H41F2N3O2. The topological polar surface area (TPSA) is 36.0 Å². The van der Waals surface area contributed by atoms with Gasteiger partial charge in [0.15, 0.2) is 0 Å². The highest BCUT2D eigenvalue weighted by molar-refractivity contribution is 5.68. The van der Waals surface area contributed by atoms with Crippen LogP contribution in [0.1, 0.15) is 58.4 Å². The van der Waals surface area contributed by atoms with Crippen molar-refractivity contribution in [2.45, 2.75) is 70.9 Å². The van der Waals surface area contributed by atoms with Crippen LogP contribution in [0.15, 0.2) is 30.3 Å². The normalized spacial score (nSPS) is 25.9. The Bertz CT molecular complexity index is 809. The first-order valence-electron chi connectivity index (χ1n) is 12.9. The molecule has 1 spiro atoms. The number of alkyl halides is 2. The van der Waals surface area contributed by atoms with Gasteiger partial charge in [0.05, 0.1) is 6.54 Å². The standard InChI is InChI=1S/C27H41F2N3O2/c1-25(2,3)34-24(33)32-14-9-23(27(28,29)21-32)20-31-17-12-26(13-18-31)10-15-30(16-11-26)19-22-7-5-4-6-8-22/h4-8,23H,9-21H2,1-3H3. The smallest absolute Gasteiger partial charge is 0.410 e. The fourth-order valence-corrected chi connectivity index (χ4v) is 5.74. The van der Waals surface area contributed by atoms with Crippen LogP contribution in [-0.4, -0.2) is 78.1 Å². The number of halogens is 2. The zero-order valence-electron chi connectivity index (χ0n) is 21.1. The molecule has 34 heavy (non-hydrogen) atoms. The van der Waals surface area contributed by atoms with E-state index < -0.39 is 30.1 Å². The average Bonchev–Trinajstić information content (AvgIpc) is 2.78. The molecule has 0 bridgehead atoms. The second-order valence-corrected chi connectivity index (χ2v) is 11.7. The molecule has 4 rings (SSSR count). The van der Waals surface area contributed by atoms with E-state index in [1.807, 2.05) is 0 Å².